The second-order valence-corrected chi connectivity index (χ2v) is 18.9. The van der Waals surface area contributed by atoms with Crippen LogP contribution in [0, 0.1) is 26.6 Å². The molecule has 1 atom stereocenters. The number of aryl methyl sites for hydroxylation is 3. The Hall–Kier alpha value is -5.85. The van der Waals surface area contributed by atoms with Crippen molar-refractivity contribution in [1.82, 2.24) is 34.0 Å². The van der Waals surface area contributed by atoms with Gasteiger partial charge in [0.25, 0.3) is 11.5 Å². The summed E-state index contributed by atoms with van der Waals surface area (Å²) < 4.78 is 19.8. The third-order valence-electron chi connectivity index (χ3n) is 14.6. The van der Waals surface area contributed by atoms with Crippen LogP contribution in [0.25, 0.3) is 17.3 Å². The predicted octanol–water partition coefficient (Wildman–Crippen LogP) is 8.75. The Morgan fingerprint density at radius 3 is 2.48 bits per heavy atom. The molecule has 3 aliphatic heterocycles. The molecule has 4 aliphatic rings. The van der Waals surface area contributed by atoms with Crippen LogP contribution in [0.1, 0.15) is 107 Å². The molecule has 3 aromatic heterocycles. The summed E-state index contributed by atoms with van der Waals surface area (Å²) in [5.74, 6) is 0.0779. The van der Waals surface area contributed by atoms with Gasteiger partial charge in [0.05, 0.1) is 30.2 Å². The number of piperidine rings is 1. The number of aromatic nitrogens is 4. The molecule has 1 saturated carbocycles. The molecule has 65 heavy (non-hydrogen) atoms. The minimum Gasteiger partial charge on any atom is -0.388 e. The summed E-state index contributed by atoms with van der Waals surface area (Å²) in [5, 5.41) is 7.98. The molecule has 6 heterocycles. The zero-order valence-corrected chi connectivity index (χ0v) is 39.2. The molecule has 0 radical (unpaired) electrons. The van der Waals surface area contributed by atoms with E-state index in [-0.39, 0.29) is 23.3 Å². The number of hydrogen-bond donors (Lipinski definition) is 1. The van der Waals surface area contributed by atoms with Crippen molar-refractivity contribution in [2.75, 3.05) is 57.0 Å². The number of carbonyl (C=O) groups excluding carboxylic acids is 1. The molecular formula is C53H64FN9O2. The molecule has 9 rings (SSSR count). The largest absolute Gasteiger partial charge is 0.388 e. The molecule has 0 spiro atoms. The number of rotatable bonds is 12. The fourth-order valence-electron chi connectivity index (χ4n) is 10.3. The number of halogens is 1. The number of nitrogens with one attached hydrogen (secondary N) is 1. The van der Waals surface area contributed by atoms with Gasteiger partial charge in [-0.1, -0.05) is 29.9 Å². The first kappa shape index (κ1) is 44.4. The van der Waals surface area contributed by atoms with Crippen LogP contribution in [0.15, 0.2) is 83.4 Å². The van der Waals surface area contributed by atoms with E-state index in [0.717, 1.165) is 89.8 Å². The number of anilines is 2. The predicted molar refractivity (Wildman–Crippen MR) is 259 cm³/mol. The molecule has 11 nitrogen and oxygen atoms in total. The highest BCUT2D eigenvalue weighted by atomic mass is 19.1. The van der Waals surface area contributed by atoms with E-state index >= 15 is 4.39 Å². The molecule has 2 aromatic carbocycles. The van der Waals surface area contributed by atoms with Crippen LogP contribution in [-0.4, -0.2) is 98.8 Å². The average molecular weight is 878 g/mol. The van der Waals surface area contributed by atoms with Gasteiger partial charge in [0, 0.05) is 105 Å². The van der Waals surface area contributed by atoms with Gasteiger partial charge in [-0.05, 0) is 144 Å². The number of nitrogens with zero attached hydrogens (tertiary/aromatic N) is 8. The zero-order chi connectivity index (χ0) is 45.5. The molecule has 12 heteroatoms. The van der Waals surface area contributed by atoms with E-state index in [1.807, 2.05) is 41.6 Å². The van der Waals surface area contributed by atoms with Crippen molar-refractivity contribution < 1.29 is 9.18 Å². The molecule has 1 N–H and O–H groups in total. The summed E-state index contributed by atoms with van der Waals surface area (Å²) in [6.07, 6.45) is 13.4. The third-order valence-corrected chi connectivity index (χ3v) is 14.6. The maximum Gasteiger partial charge on any atom is 0.257 e. The topological polar surface area (TPSA) is 94.8 Å². The summed E-state index contributed by atoms with van der Waals surface area (Å²) >= 11 is 0. The Morgan fingerprint density at radius 1 is 0.969 bits per heavy atom. The summed E-state index contributed by atoms with van der Waals surface area (Å²) in [6, 6.07) is 18.7. The van der Waals surface area contributed by atoms with Gasteiger partial charge in [-0.2, -0.15) is 5.10 Å². The highest BCUT2D eigenvalue weighted by Gasteiger charge is 2.30. The molecule has 340 valence electrons. The zero-order valence-electron chi connectivity index (χ0n) is 39.2. The van der Waals surface area contributed by atoms with Gasteiger partial charge in [0.15, 0.2) is 0 Å². The van der Waals surface area contributed by atoms with Gasteiger partial charge >= 0.3 is 0 Å². The van der Waals surface area contributed by atoms with Crippen LogP contribution in [0.5, 0.6) is 0 Å². The van der Waals surface area contributed by atoms with E-state index in [2.05, 4.69) is 89.2 Å². The van der Waals surface area contributed by atoms with E-state index in [4.69, 9.17) is 5.10 Å². The van der Waals surface area contributed by atoms with Crippen molar-refractivity contribution in [1.29, 1.82) is 0 Å². The first-order valence-electron chi connectivity index (χ1n) is 23.5. The third kappa shape index (κ3) is 9.33. The van der Waals surface area contributed by atoms with Crippen molar-refractivity contribution in [3.8, 4) is 5.69 Å². The van der Waals surface area contributed by atoms with Crippen LogP contribution < -0.4 is 15.8 Å². The van der Waals surface area contributed by atoms with Gasteiger partial charge in [-0.3, -0.25) is 33.6 Å². The van der Waals surface area contributed by atoms with Gasteiger partial charge in [-0.15, -0.1) is 0 Å². The van der Waals surface area contributed by atoms with Crippen molar-refractivity contribution >= 4 is 28.9 Å². The summed E-state index contributed by atoms with van der Waals surface area (Å²) in [4.78, 5) is 40.7. The number of fused-ring (bicyclic) bond motifs is 1. The first-order chi connectivity index (χ1) is 31.3. The van der Waals surface area contributed by atoms with E-state index in [0.29, 0.717) is 55.7 Å². The minimum absolute atomic E-state index is 0.0983. The fraction of sp³-hybridized carbons (Fsp3) is 0.434. The fourth-order valence-corrected chi connectivity index (χ4v) is 10.3. The van der Waals surface area contributed by atoms with E-state index in [9.17, 15) is 9.59 Å². The Bertz CT molecular complexity index is 2700. The first-order valence-corrected chi connectivity index (χ1v) is 23.5. The Labute approximate surface area is 383 Å². The number of likely N-dealkylation sites (tertiary alicyclic amines) is 1. The number of benzene rings is 2. The Kier molecular flexibility index (Phi) is 12.7. The second kappa shape index (κ2) is 18.6. The van der Waals surface area contributed by atoms with Crippen LogP contribution in [0.4, 0.5) is 15.8 Å². The summed E-state index contributed by atoms with van der Waals surface area (Å²) in [5.41, 5.74) is 13.3. The summed E-state index contributed by atoms with van der Waals surface area (Å²) in [6.45, 7) is 16.3. The maximum absolute atomic E-state index is 16.1. The van der Waals surface area contributed by atoms with Gasteiger partial charge < -0.3 is 15.1 Å². The van der Waals surface area contributed by atoms with Crippen molar-refractivity contribution in [3.63, 3.8) is 0 Å². The Balaban J connectivity index is 0.806. The standard InChI is InChI=1S/C53H64FN9O2/c1-34-8-9-41(29-50(34)58(7)45-10-11-45)39-13-19-59(20-14-39)32-44-30-46-33-61(24-25-63(46)57-44)53(65)42-26-36(3)52(48(54)28-42)40-15-21-60(22-16-40)38(5)35(2)27-47-37(4)56-18-12-49(47)62-23-17-43(55-6)31-51(62)64/h8-9,12,15,17-18,23,26-31,38-39,45,55H,10-11,13-14,16,19-22,24-25,32-33H2,1-7H3/b35-27+. The van der Waals surface area contributed by atoms with Crippen LogP contribution in [0.2, 0.25) is 0 Å². The smallest absolute Gasteiger partial charge is 0.257 e. The molecule has 1 aliphatic carbocycles. The number of carbonyl (C=O) groups is 1. The van der Waals surface area contributed by atoms with E-state index < -0.39 is 0 Å². The lowest BCUT2D eigenvalue weighted by Gasteiger charge is -2.33. The molecule has 1 amide bonds. The monoisotopic (exact) mass is 878 g/mol. The quantitative estimate of drug-likeness (QED) is 0.133. The lowest BCUT2D eigenvalue weighted by atomic mass is 9.88. The highest BCUT2D eigenvalue weighted by Crippen LogP contribution is 2.37. The molecule has 1 saturated heterocycles. The van der Waals surface area contributed by atoms with E-state index in [1.54, 1.807) is 30.1 Å². The van der Waals surface area contributed by atoms with Crippen LogP contribution in [0.3, 0.4) is 0 Å². The minimum atomic E-state index is -0.351. The number of hydrogen-bond acceptors (Lipinski definition) is 8. The second-order valence-electron chi connectivity index (χ2n) is 18.9. The lowest BCUT2D eigenvalue weighted by molar-refractivity contribution is 0.0705. The van der Waals surface area contributed by atoms with Crippen molar-refractivity contribution in [2.24, 2.45) is 0 Å². The molecule has 2 fully saturated rings. The van der Waals surface area contributed by atoms with Crippen LogP contribution in [-0.2, 0) is 19.6 Å². The van der Waals surface area contributed by atoms with Gasteiger partial charge in [0.1, 0.15) is 5.82 Å². The van der Waals surface area contributed by atoms with Gasteiger partial charge in [0.2, 0.25) is 0 Å². The average Bonchev–Trinajstić information content (AvgIpc) is 4.08. The van der Waals surface area contributed by atoms with Crippen molar-refractivity contribution in [3.05, 3.63) is 145 Å². The van der Waals surface area contributed by atoms with Crippen molar-refractivity contribution in [2.45, 2.75) is 104 Å². The lowest BCUT2D eigenvalue weighted by Crippen LogP contribution is -2.38. The number of amides is 1. The highest BCUT2D eigenvalue weighted by molar-refractivity contribution is 5.95. The number of pyridine rings is 2. The molecule has 1 unspecified atom stereocenters. The molecule has 5 aromatic rings. The van der Waals surface area contributed by atoms with Crippen LogP contribution >= 0.6 is 0 Å². The van der Waals surface area contributed by atoms with E-state index in [1.165, 1.54) is 35.7 Å². The molecule has 0 bridgehead atoms. The summed E-state index contributed by atoms with van der Waals surface area (Å²) in [7, 11) is 4.04. The normalized spacial score (nSPS) is 18.1. The molecular weight excluding hydrogens is 814 g/mol. The van der Waals surface area contributed by atoms with Gasteiger partial charge in [-0.25, -0.2) is 4.39 Å². The maximum atomic E-state index is 16.1. The Morgan fingerprint density at radius 2 is 1.77 bits per heavy atom. The SMILES string of the molecule is CNc1ccn(-c2ccnc(C)c2/C=C(\C)C(C)N2CC=C(c3c(C)cc(C(=O)N4CCn5nc(CN6CCC(c7ccc(C)c(N(C)C8CC8)c7)CC6)cc5C4)cc3F)CC2)c(=O)c1.